The van der Waals surface area contributed by atoms with E-state index in [-0.39, 0.29) is 39.7 Å². The molecule has 1 unspecified atom stereocenters. The van der Waals surface area contributed by atoms with Crippen LogP contribution in [0.25, 0.3) is 11.3 Å². The number of piperidine rings is 1. The fourth-order valence-corrected chi connectivity index (χ4v) is 6.57. The molecule has 8 nitrogen and oxygen atoms in total. The van der Waals surface area contributed by atoms with Gasteiger partial charge in [0.2, 0.25) is 5.88 Å². The molecule has 0 bridgehead atoms. The lowest BCUT2D eigenvalue weighted by molar-refractivity contribution is 0.0743. The molecule has 3 atom stereocenters. The van der Waals surface area contributed by atoms with Crippen LogP contribution < -0.4 is 10.1 Å². The number of benzene rings is 2. The summed E-state index contributed by atoms with van der Waals surface area (Å²) in [5.41, 5.74) is 1.18. The number of carbonyl (C=O) groups excluding carboxylic acids is 2. The SMILES string of the molecule is CC(C)(NC(=O)OCc1ccccc1)c1cc(OC2[C@H]3CN(C(=O)c4sc(Cl)nc4C(F)F)C[C@@H]23)nc(-c2ccc(F)cc2)c1. The van der Waals surface area contributed by atoms with Gasteiger partial charge in [-0.1, -0.05) is 53.3 Å². The molecule has 0 spiro atoms. The summed E-state index contributed by atoms with van der Waals surface area (Å²) in [6, 6.07) is 18.7. The van der Waals surface area contributed by atoms with Crippen LogP contribution in [0.15, 0.2) is 66.7 Å². The van der Waals surface area contributed by atoms with Crippen LogP contribution in [0, 0.1) is 17.7 Å². The number of halogens is 4. The van der Waals surface area contributed by atoms with E-state index in [1.807, 2.05) is 44.2 Å². The molecular weight excluding hydrogens is 629 g/mol. The molecule has 2 fully saturated rings. The van der Waals surface area contributed by atoms with Gasteiger partial charge in [-0.3, -0.25) is 4.79 Å². The number of aromatic nitrogens is 2. The number of pyridine rings is 1. The standard InChI is InChI=1S/C32H28ClF3N4O4S/c1-32(2,39-31(42)43-16-17-6-4-3-5-7-17)19-12-23(18-8-10-20(34)11-9-18)37-24(13-19)44-26-21-14-40(15-22(21)26)29(41)27-25(28(35)36)38-30(33)45-27/h3-13,21-22,26,28H,14-16H2,1-2H3,(H,39,42)/t21-,22+,26?. The summed E-state index contributed by atoms with van der Waals surface area (Å²) in [7, 11) is 0. The Hall–Kier alpha value is -4.16. The van der Waals surface area contributed by atoms with E-state index in [4.69, 9.17) is 21.1 Å². The van der Waals surface area contributed by atoms with E-state index in [0.717, 1.165) is 16.9 Å². The third kappa shape index (κ3) is 6.76. The Kier molecular flexibility index (Phi) is 8.45. The number of alkyl carbamates (subject to hydrolysis) is 1. The fourth-order valence-electron chi connectivity index (χ4n) is 5.48. The predicted molar refractivity (Wildman–Crippen MR) is 162 cm³/mol. The maximum Gasteiger partial charge on any atom is 0.408 e. The number of alkyl halides is 2. The van der Waals surface area contributed by atoms with Gasteiger partial charge in [0.1, 0.15) is 29.1 Å². The number of ether oxygens (including phenoxy) is 2. The molecule has 2 aliphatic rings. The van der Waals surface area contributed by atoms with Gasteiger partial charge in [0.25, 0.3) is 12.3 Å². The predicted octanol–water partition coefficient (Wildman–Crippen LogP) is 7.25. The average molecular weight is 657 g/mol. The van der Waals surface area contributed by atoms with Gasteiger partial charge in [0, 0.05) is 36.6 Å². The highest BCUT2D eigenvalue weighted by Gasteiger charge is 2.59. The molecule has 6 rings (SSSR count). The maximum atomic E-state index is 13.7. The quantitative estimate of drug-likeness (QED) is 0.204. The number of carbonyl (C=O) groups is 2. The van der Waals surface area contributed by atoms with Gasteiger partial charge in [-0.15, -0.1) is 0 Å². The van der Waals surface area contributed by atoms with Crippen molar-refractivity contribution >= 4 is 34.9 Å². The van der Waals surface area contributed by atoms with Gasteiger partial charge in [0.05, 0.1) is 11.2 Å². The Labute approximate surface area is 266 Å². The average Bonchev–Trinajstić information content (AvgIpc) is 3.32. The number of hydrogen-bond acceptors (Lipinski definition) is 7. The Morgan fingerprint density at radius 3 is 2.42 bits per heavy atom. The minimum atomic E-state index is -2.90. The number of thiazole rings is 1. The van der Waals surface area contributed by atoms with Crippen molar-refractivity contribution in [2.24, 2.45) is 11.8 Å². The van der Waals surface area contributed by atoms with Crippen molar-refractivity contribution in [1.29, 1.82) is 0 Å². The molecule has 3 heterocycles. The van der Waals surface area contributed by atoms with Gasteiger partial charge < -0.3 is 19.7 Å². The zero-order valence-electron chi connectivity index (χ0n) is 24.2. The summed E-state index contributed by atoms with van der Waals surface area (Å²) in [5, 5.41) is 2.90. The first kappa shape index (κ1) is 30.8. The Morgan fingerprint density at radius 2 is 1.76 bits per heavy atom. The number of nitrogens with one attached hydrogen (secondary N) is 1. The monoisotopic (exact) mass is 656 g/mol. The molecule has 2 aromatic carbocycles. The van der Waals surface area contributed by atoms with Crippen molar-refractivity contribution in [2.75, 3.05) is 13.1 Å². The van der Waals surface area contributed by atoms with Crippen LogP contribution >= 0.6 is 22.9 Å². The highest BCUT2D eigenvalue weighted by molar-refractivity contribution is 7.17. The third-order valence-electron chi connectivity index (χ3n) is 7.98. The van der Waals surface area contributed by atoms with E-state index in [1.165, 1.54) is 17.0 Å². The molecule has 2 aromatic heterocycles. The van der Waals surface area contributed by atoms with Crippen molar-refractivity contribution in [3.8, 4) is 17.1 Å². The molecule has 2 amide bonds. The first-order valence-electron chi connectivity index (χ1n) is 14.2. The summed E-state index contributed by atoms with van der Waals surface area (Å²) in [4.78, 5) is 35.4. The van der Waals surface area contributed by atoms with Crippen molar-refractivity contribution in [3.05, 3.63) is 98.7 Å². The van der Waals surface area contributed by atoms with Crippen molar-refractivity contribution in [3.63, 3.8) is 0 Å². The number of nitrogens with zero attached hydrogens (tertiary/aromatic N) is 3. The maximum absolute atomic E-state index is 13.7. The summed E-state index contributed by atoms with van der Waals surface area (Å²) in [6.07, 6.45) is -3.76. The molecule has 1 aliphatic carbocycles. The van der Waals surface area contributed by atoms with Crippen LogP contribution in [-0.4, -0.2) is 46.1 Å². The molecule has 1 aliphatic heterocycles. The molecule has 4 aromatic rings. The lowest BCUT2D eigenvalue weighted by Gasteiger charge is -2.27. The molecule has 13 heteroatoms. The summed E-state index contributed by atoms with van der Waals surface area (Å²) in [5.74, 6) is -0.629. The third-order valence-corrected chi connectivity index (χ3v) is 9.14. The van der Waals surface area contributed by atoms with E-state index in [2.05, 4.69) is 15.3 Å². The van der Waals surface area contributed by atoms with E-state index in [0.29, 0.717) is 35.8 Å². The van der Waals surface area contributed by atoms with E-state index in [1.54, 1.807) is 24.3 Å². The molecule has 45 heavy (non-hydrogen) atoms. The second-order valence-electron chi connectivity index (χ2n) is 11.5. The molecule has 1 saturated heterocycles. The van der Waals surface area contributed by atoms with Gasteiger partial charge in [-0.05, 0) is 55.3 Å². The summed E-state index contributed by atoms with van der Waals surface area (Å²) >= 11 is 6.56. The van der Waals surface area contributed by atoms with Crippen molar-refractivity contribution in [2.45, 2.75) is 38.5 Å². The van der Waals surface area contributed by atoms with Crippen LogP contribution in [0.2, 0.25) is 4.47 Å². The summed E-state index contributed by atoms with van der Waals surface area (Å²) < 4.78 is 52.1. The molecule has 0 radical (unpaired) electrons. The lowest BCUT2D eigenvalue weighted by atomic mass is 9.93. The van der Waals surface area contributed by atoms with E-state index >= 15 is 0 Å². The number of fused-ring (bicyclic) bond motifs is 1. The van der Waals surface area contributed by atoms with Crippen molar-refractivity contribution in [1.82, 2.24) is 20.2 Å². The fraction of sp³-hybridized carbons (Fsp3) is 0.312. The highest BCUT2D eigenvalue weighted by Crippen LogP contribution is 2.49. The second-order valence-corrected chi connectivity index (χ2v) is 13.1. The molecule has 1 N–H and O–H groups in total. The summed E-state index contributed by atoms with van der Waals surface area (Å²) in [6.45, 7) is 4.41. The second kappa shape index (κ2) is 12.3. The molecule has 1 saturated carbocycles. The van der Waals surface area contributed by atoms with E-state index in [9.17, 15) is 22.8 Å². The van der Waals surface area contributed by atoms with E-state index < -0.39 is 29.7 Å². The van der Waals surface area contributed by atoms with Crippen LogP contribution in [0.5, 0.6) is 5.88 Å². The number of likely N-dealkylation sites (tertiary alicyclic amines) is 1. The van der Waals surface area contributed by atoms with Crippen molar-refractivity contribution < 1.29 is 32.2 Å². The number of amides is 2. The van der Waals surface area contributed by atoms with Gasteiger partial charge in [-0.2, -0.15) is 0 Å². The first-order valence-corrected chi connectivity index (χ1v) is 15.4. The van der Waals surface area contributed by atoms with Gasteiger partial charge in [0.15, 0.2) is 4.47 Å². The Balaban J connectivity index is 1.17. The molecular formula is C32H28ClF3N4O4S. The largest absolute Gasteiger partial charge is 0.474 e. The Bertz CT molecular complexity index is 1710. The molecule has 234 valence electrons. The van der Waals surface area contributed by atoms with Crippen LogP contribution in [-0.2, 0) is 16.9 Å². The zero-order chi connectivity index (χ0) is 31.9. The highest BCUT2D eigenvalue weighted by atomic mass is 35.5. The lowest BCUT2D eigenvalue weighted by Crippen LogP contribution is -2.41. The zero-order valence-corrected chi connectivity index (χ0v) is 25.7. The van der Waals surface area contributed by atoms with Crippen LogP contribution in [0.4, 0.5) is 18.0 Å². The smallest absolute Gasteiger partial charge is 0.408 e. The van der Waals surface area contributed by atoms with Gasteiger partial charge in [-0.25, -0.2) is 27.9 Å². The topological polar surface area (TPSA) is 93.7 Å². The number of hydrogen-bond donors (Lipinski definition) is 1. The Morgan fingerprint density at radius 1 is 1.07 bits per heavy atom. The minimum absolute atomic E-state index is 0.00818. The minimum Gasteiger partial charge on any atom is -0.474 e. The van der Waals surface area contributed by atoms with Crippen LogP contribution in [0.3, 0.4) is 0 Å². The van der Waals surface area contributed by atoms with Crippen LogP contribution in [0.1, 0.15) is 46.8 Å². The number of rotatable bonds is 9. The normalized spacial score (nSPS) is 18.9. The first-order chi connectivity index (χ1) is 21.5. The van der Waals surface area contributed by atoms with Gasteiger partial charge >= 0.3 is 6.09 Å².